The lowest BCUT2D eigenvalue weighted by molar-refractivity contribution is 0.0384. The Kier molecular flexibility index (Phi) is 4.56. The van der Waals surface area contributed by atoms with E-state index in [-0.39, 0.29) is 6.09 Å². The molecule has 0 radical (unpaired) electrons. The molecule has 0 aromatic heterocycles. The van der Waals surface area contributed by atoms with Gasteiger partial charge in [0.15, 0.2) is 0 Å². The highest BCUT2D eigenvalue weighted by molar-refractivity contribution is 5.66. The van der Waals surface area contributed by atoms with E-state index in [1.807, 2.05) is 0 Å². The molecule has 0 bridgehead atoms. The summed E-state index contributed by atoms with van der Waals surface area (Å²) in [6.07, 6.45) is -0.367. The summed E-state index contributed by atoms with van der Waals surface area (Å²) in [6.45, 7) is 4.97. The minimum Gasteiger partial charge on any atom is -0.453 e. The zero-order valence-electron chi connectivity index (χ0n) is 7.91. The van der Waals surface area contributed by atoms with Crippen LogP contribution < -0.4 is 5.32 Å². The topological polar surface area (TPSA) is 50.8 Å². The van der Waals surface area contributed by atoms with Crippen molar-refractivity contribution in [3.05, 3.63) is 0 Å². The maximum absolute atomic E-state index is 10.7. The van der Waals surface area contributed by atoms with Crippen molar-refractivity contribution in [2.45, 2.75) is 0 Å². The van der Waals surface area contributed by atoms with Gasteiger partial charge in [-0.15, -0.1) is 0 Å². The number of nitrogens with one attached hydrogen (secondary N) is 1. The molecule has 1 fully saturated rings. The molecule has 1 N–H and O–H groups in total. The second-order valence-corrected chi connectivity index (χ2v) is 2.87. The summed E-state index contributed by atoms with van der Waals surface area (Å²) in [6, 6.07) is 0. The fraction of sp³-hybridized carbons (Fsp3) is 0.875. The van der Waals surface area contributed by atoms with E-state index in [1.165, 1.54) is 7.11 Å². The minimum absolute atomic E-state index is 0.367. The van der Waals surface area contributed by atoms with Crippen LogP contribution in [-0.2, 0) is 9.47 Å². The maximum Gasteiger partial charge on any atom is 0.406 e. The van der Waals surface area contributed by atoms with Crippen LogP contribution in [0.2, 0.25) is 0 Å². The van der Waals surface area contributed by atoms with E-state index < -0.39 is 0 Å². The van der Waals surface area contributed by atoms with Gasteiger partial charge in [-0.05, 0) is 0 Å². The van der Waals surface area contributed by atoms with Gasteiger partial charge in [-0.2, -0.15) is 0 Å². The summed E-state index contributed by atoms with van der Waals surface area (Å²) < 4.78 is 9.64. The molecule has 5 heteroatoms. The van der Waals surface area contributed by atoms with Gasteiger partial charge in [-0.3, -0.25) is 4.90 Å². The average Bonchev–Trinajstić information content (AvgIpc) is 2.19. The molecule has 0 aromatic carbocycles. The first-order chi connectivity index (χ1) is 6.33. The highest BCUT2D eigenvalue weighted by Crippen LogP contribution is 1.94. The maximum atomic E-state index is 10.7. The van der Waals surface area contributed by atoms with Crippen molar-refractivity contribution in [2.24, 2.45) is 0 Å². The monoisotopic (exact) mass is 188 g/mol. The van der Waals surface area contributed by atoms with E-state index in [2.05, 4.69) is 15.0 Å². The van der Waals surface area contributed by atoms with Gasteiger partial charge in [0.2, 0.25) is 0 Å². The number of nitrogens with zero attached hydrogens (tertiary/aromatic N) is 1. The highest BCUT2D eigenvalue weighted by atomic mass is 16.5. The molecule has 0 unspecified atom stereocenters. The second-order valence-electron chi connectivity index (χ2n) is 2.87. The Hall–Kier alpha value is -0.810. The first-order valence-electron chi connectivity index (χ1n) is 4.45. The molecule has 0 atom stereocenters. The Labute approximate surface area is 78.0 Å². The van der Waals surface area contributed by atoms with Gasteiger partial charge in [-0.1, -0.05) is 0 Å². The van der Waals surface area contributed by atoms with Crippen LogP contribution in [0.3, 0.4) is 0 Å². The third-order valence-electron chi connectivity index (χ3n) is 1.99. The molecular weight excluding hydrogens is 172 g/mol. The summed E-state index contributed by atoms with van der Waals surface area (Å²) in [5.41, 5.74) is 0. The van der Waals surface area contributed by atoms with Crippen LogP contribution in [0.25, 0.3) is 0 Å². The van der Waals surface area contributed by atoms with Crippen LogP contribution >= 0.6 is 0 Å². The largest absolute Gasteiger partial charge is 0.453 e. The summed E-state index contributed by atoms with van der Waals surface area (Å²) in [5, 5.41) is 2.64. The number of carbonyl (C=O) groups is 1. The Bertz CT molecular complexity index is 157. The van der Waals surface area contributed by atoms with E-state index in [1.54, 1.807) is 0 Å². The van der Waals surface area contributed by atoms with Crippen LogP contribution in [0.1, 0.15) is 0 Å². The molecule has 1 heterocycles. The van der Waals surface area contributed by atoms with Gasteiger partial charge in [0, 0.05) is 26.2 Å². The van der Waals surface area contributed by atoms with Crippen molar-refractivity contribution < 1.29 is 14.3 Å². The van der Waals surface area contributed by atoms with Gasteiger partial charge in [-0.25, -0.2) is 4.79 Å². The molecule has 0 saturated carbocycles. The van der Waals surface area contributed by atoms with Crippen molar-refractivity contribution in [2.75, 3.05) is 46.5 Å². The van der Waals surface area contributed by atoms with Crippen molar-refractivity contribution in [1.82, 2.24) is 10.2 Å². The first kappa shape index (κ1) is 10.3. The van der Waals surface area contributed by atoms with Crippen LogP contribution in [0.5, 0.6) is 0 Å². The Morgan fingerprint density at radius 2 is 2.23 bits per heavy atom. The lowest BCUT2D eigenvalue weighted by atomic mass is 10.4. The number of morpholine rings is 1. The van der Waals surface area contributed by atoms with Crippen molar-refractivity contribution in [3.63, 3.8) is 0 Å². The summed E-state index contributed by atoms with van der Waals surface area (Å²) >= 11 is 0. The van der Waals surface area contributed by atoms with Gasteiger partial charge in [0.1, 0.15) is 0 Å². The molecule has 0 aromatic rings. The molecule has 1 aliphatic heterocycles. The molecular formula is C8H16N2O3. The van der Waals surface area contributed by atoms with E-state index in [0.717, 1.165) is 32.8 Å². The summed E-state index contributed by atoms with van der Waals surface area (Å²) in [5.74, 6) is 0. The number of hydrogen-bond acceptors (Lipinski definition) is 4. The number of methoxy groups -OCH3 is 1. The SMILES string of the molecule is COC(=O)NCCN1CCOCC1. The molecule has 1 aliphatic rings. The van der Waals surface area contributed by atoms with Gasteiger partial charge >= 0.3 is 6.09 Å². The van der Waals surface area contributed by atoms with Crippen molar-refractivity contribution >= 4 is 6.09 Å². The zero-order valence-corrected chi connectivity index (χ0v) is 7.91. The summed E-state index contributed by atoms with van der Waals surface area (Å²) in [4.78, 5) is 12.9. The lowest BCUT2D eigenvalue weighted by Gasteiger charge is -2.26. The van der Waals surface area contributed by atoms with Gasteiger partial charge < -0.3 is 14.8 Å². The lowest BCUT2D eigenvalue weighted by Crippen LogP contribution is -2.41. The van der Waals surface area contributed by atoms with Crippen LogP contribution in [0, 0.1) is 0 Å². The Morgan fingerprint density at radius 3 is 2.85 bits per heavy atom. The average molecular weight is 188 g/mol. The third kappa shape index (κ3) is 4.10. The molecule has 1 saturated heterocycles. The third-order valence-corrected chi connectivity index (χ3v) is 1.99. The van der Waals surface area contributed by atoms with Crippen LogP contribution in [0.4, 0.5) is 4.79 Å². The Morgan fingerprint density at radius 1 is 1.54 bits per heavy atom. The number of amides is 1. The number of hydrogen-bond donors (Lipinski definition) is 1. The van der Waals surface area contributed by atoms with E-state index in [0.29, 0.717) is 6.54 Å². The van der Waals surface area contributed by atoms with Gasteiger partial charge in [0.05, 0.1) is 20.3 Å². The predicted molar refractivity (Wildman–Crippen MR) is 47.7 cm³/mol. The predicted octanol–water partition coefficient (Wildman–Crippen LogP) is -0.325. The highest BCUT2D eigenvalue weighted by Gasteiger charge is 2.09. The summed E-state index contributed by atoms with van der Waals surface area (Å²) in [7, 11) is 1.37. The van der Waals surface area contributed by atoms with Crippen molar-refractivity contribution in [3.8, 4) is 0 Å². The number of carbonyl (C=O) groups excluding carboxylic acids is 1. The van der Waals surface area contributed by atoms with E-state index in [9.17, 15) is 4.79 Å². The molecule has 0 aliphatic carbocycles. The van der Waals surface area contributed by atoms with Gasteiger partial charge in [0.25, 0.3) is 0 Å². The number of rotatable bonds is 3. The zero-order chi connectivity index (χ0) is 9.52. The van der Waals surface area contributed by atoms with E-state index in [4.69, 9.17) is 4.74 Å². The minimum atomic E-state index is -0.367. The smallest absolute Gasteiger partial charge is 0.406 e. The fourth-order valence-electron chi connectivity index (χ4n) is 1.21. The number of alkyl carbamates (subject to hydrolysis) is 1. The standard InChI is InChI=1S/C8H16N2O3/c1-12-8(11)9-2-3-10-4-6-13-7-5-10/h2-7H2,1H3,(H,9,11). The molecule has 13 heavy (non-hydrogen) atoms. The number of ether oxygens (including phenoxy) is 2. The molecule has 0 spiro atoms. The first-order valence-corrected chi connectivity index (χ1v) is 4.45. The molecule has 5 nitrogen and oxygen atoms in total. The molecule has 1 amide bonds. The van der Waals surface area contributed by atoms with Crippen LogP contribution in [-0.4, -0.2) is 57.5 Å². The fourth-order valence-corrected chi connectivity index (χ4v) is 1.21. The Balaban J connectivity index is 2.01. The molecule has 1 rings (SSSR count). The van der Waals surface area contributed by atoms with Crippen molar-refractivity contribution in [1.29, 1.82) is 0 Å². The van der Waals surface area contributed by atoms with Crippen LogP contribution in [0.15, 0.2) is 0 Å². The second kappa shape index (κ2) is 5.77. The molecule has 76 valence electrons. The quantitative estimate of drug-likeness (QED) is 0.659. The normalized spacial score (nSPS) is 18.2. The van der Waals surface area contributed by atoms with E-state index >= 15 is 0 Å².